The van der Waals surface area contributed by atoms with Crippen LogP contribution in [0.4, 0.5) is 22.7 Å². The van der Waals surface area contributed by atoms with Crippen molar-refractivity contribution in [1.29, 1.82) is 0 Å². The Morgan fingerprint density at radius 1 is 0.275 bits per heavy atom. The fourth-order valence-electron chi connectivity index (χ4n) is 22.8. The van der Waals surface area contributed by atoms with E-state index in [4.69, 9.17) is 38.8 Å². The number of halogens is 4. The van der Waals surface area contributed by atoms with Gasteiger partial charge < -0.3 is 19.6 Å². The molecule has 0 unspecified atom stereocenters. The molecule has 18 rings (SSSR count). The first kappa shape index (κ1) is 92.8. The van der Waals surface area contributed by atoms with Crippen LogP contribution in [0, 0.1) is 96.4 Å². The first-order valence-corrected chi connectivity index (χ1v) is 60.3. The summed E-state index contributed by atoms with van der Waals surface area (Å²) in [5, 5.41) is 0. The number of hydrogen-bond donors (Lipinski definition) is 0. The van der Waals surface area contributed by atoms with Crippen LogP contribution in [-0.4, -0.2) is 55.3 Å². The average Bonchev–Trinajstić information content (AvgIpc) is 1.63. The fourth-order valence-corrected chi connectivity index (χ4v) is 38.2. The van der Waals surface area contributed by atoms with E-state index in [1.54, 1.807) is 193 Å². The molecule has 0 radical (unpaired) electrons. The standard InChI is InChI=1S/C21H27N2.C21H25N2.2C18H33P.2C15H10.4ClH.2Ru/c2*1-14-9-16(3)20(17(4)10-14)22-7-8-23(13-22)21-18(5)11-15(2)12-19(21)6;2*1-4-10-16(11-5-1)19(17-12-6-2-7-13-17)18-14-8-3-9-15-18;2*1-2-6-12(7-3-1)15-11-10-13-8-4-5-9-14(13)15;;;;;;/h9-13H,7-8H2,1-6H3;7-13H,1-6H3;2*16-18H,1-15H2;2*1-9,11H;4*1H;;/q2*-1;;;;;;;;;2*+2/p-2. The molecule has 7 fully saturated rings. The number of hydrogen-bond acceptors (Lipinski definition) is 4. The van der Waals surface area contributed by atoms with Gasteiger partial charge >= 0.3 is 240 Å². The molecule has 646 valence electrons. The zero-order chi connectivity index (χ0) is 84.3. The molecule has 0 atom stereocenters. The van der Waals surface area contributed by atoms with E-state index < -0.39 is 27.0 Å². The first-order valence-electron chi connectivity index (χ1n) is 46.2. The van der Waals surface area contributed by atoms with E-state index in [2.05, 4.69) is 250 Å². The molecular weight excluding hydrogens is 1760 g/mol. The normalized spacial score (nSPS) is 18.9. The van der Waals surface area contributed by atoms with Crippen molar-refractivity contribution in [3.63, 3.8) is 0 Å². The quantitative estimate of drug-likeness (QED) is 0.0687. The molecule has 8 aliphatic carbocycles. The number of allylic oxidation sites excluding steroid dienone is 2. The average molecular weight is 1900 g/mol. The Kier molecular flexibility index (Phi) is 35.3. The van der Waals surface area contributed by atoms with Gasteiger partial charge in [-0.15, -0.1) is 6.67 Å². The zero-order valence-corrected chi connectivity index (χ0v) is 83.1. The third-order valence-electron chi connectivity index (χ3n) is 27.5. The van der Waals surface area contributed by atoms with Gasteiger partial charge in [0.25, 0.3) is 0 Å². The van der Waals surface area contributed by atoms with Crippen LogP contribution >= 0.6 is 54.6 Å². The van der Waals surface area contributed by atoms with Gasteiger partial charge in [-0.05, 0) is 294 Å². The van der Waals surface area contributed by atoms with Crippen LogP contribution in [-0.2, 0) is 27.0 Å². The van der Waals surface area contributed by atoms with Gasteiger partial charge in [0.2, 0.25) is 0 Å². The van der Waals surface area contributed by atoms with E-state index in [0.29, 0.717) is 0 Å². The summed E-state index contributed by atoms with van der Waals surface area (Å²) in [4.78, 5) is 9.26. The number of nitrogens with zero attached hydrogens (tertiary/aromatic N) is 4. The molecular formula is C108H140Cl4N4P2Ru2. The summed E-state index contributed by atoms with van der Waals surface area (Å²) in [6, 6.07) is 55.4. The monoisotopic (exact) mass is 1900 g/mol. The molecule has 2 heterocycles. The van der Waals surface area contributed by atoms with E-state index >= 15 is 0 Å². The summed E-state index contributed by atoms with van der Waals surface area (Å²) in [6.45, 7) is 32.8. The molecule has 0 aromatic heterocycles. The second-order valence-electron chi connectivity index (χ2n) is 36.7. The predicted octanol–water partition coefficient (Wildman–Crippen LogP) is 32.0. The number of anilines is 4. The van der Waals surface area contributed by atoms with Gasteiger partial charge in [-0.3, -0.25) is 0 Å². The molecule has 0 spiro atoms. The topological polar surface area (TPSA) is 13.0 Å². The van der Waals surface area contributed by atoms with Crippen molar-refractivity contribution < 1.29 is 27.0 Å². The Morgan fingerprint density at radius 2 is 0.500 bits per heavy atom. The zero-order valence-electron chi connectivity index (χ0n) is 74.6. The third-order valence-corrected chi connectivity index (χ3v) is 42.9. The van der Waals surface area contributed by atoms with Crippen LogP contribution in [0.2, 0.25) is 0 Å². The van der Waals surface area contributed by atoms with Crippen molar-refractivity contribution >= 4 is 96.7 Å². The number of rotatable bonds is 12. The van der Waals surface area contributed by atoms with E-state index in [-0.39, 0.29) is 15.8 Å². The molecule has 8 aromatic rings. The van der Waals surface area contributed by atoms with Crippen molar-refractivity contribution in [2.75, 3.05) is 32.7 Å². The predicted molar refractivity (Wildman–Crippen MR) is 529 cm³/mol. The van der Waals surface area contributed by atoms with Gasteiger partial charge in [0.15, 0.2) is 0 Å². The van der Waals surface area contributed by atoms with Gasteiger partial charge in [0.1, 0.15) is 0 Å². The molecule has 6 saturated carbocycles. The Bertz CT molecular complexity index is 4390. The van der Waals surface area contributed by atoms with E-state index in [1.807, 2.05) is 48.5 Å². The van der Waals surface area contributed by atoms with Crippen molar-refractivity contribution in [1.82, 2.24) is 0 Å². The number of benzene rings is 8. The molecule has 12 heteroatoms. The Balaban J connectivity index is 0.000000125. The summed E-state index contributed by atoms with van der Waals surface area (Å²) in [7, 11) is 24.7. The van der Waals surface area contributed by atoms with Crippen LogP contribution in [0.5, 0.6) is 0 Å². The fraction of sp³-hybridized carbons (Fsp3) is 0.463. The molecule has 0 amide bonds. The van der Waals surface area contributed by atoms with Gasteiger partial charge in [0, 0.05) is 51.7 Å². The SMILES string of the molecule is C1CCC([PH+](C2CCCCC2)C2CCCCC2)CC1.C1CCC([PH+](C2CCCCC2)C2CCCCC2)CC1.Cc1cc(C)c(N2C=CN(c3c(C)cc(C)cc3C)[CH-]2)c(C)c1.Cc1cc(C)c(N2[CH-]N(c3c(C)cc(C)cc3C)CC2)c(C)c1.[Cl][Ru]([Cl])=[C]1C=C(c2ccccc2)c2ccccc21.[Cl][Ru]([Cl])=[C]1C=C(c2ccccc2)c2ccccc21. The maximum absolute atomic E-state index is 6.19. The number of aryl methyl sites for hydroxylation is 12. The van der Waals surface area contributed by atoms with Crippen molar-refractivity contribution in [2.45, 2.75) is 310 Å². The summed E-state index contributed by atoms with van der Waals surface area (Å²) in [5.41, 5.74) is 38.3. The first-order chi connectivity index (χ1) is 58.2. The van der Waals surface area contributed by atoms with Gasteiger partial charge in [-0.25, -0.2) is 0 Å². The van der Waals surface area contributed by atoms with Crippen molar-refractivity contribution in [3.05, 3.63) is 296 Å². The van der Waals surface area contributed by atoms with E-state index in [0.717, 1.165) is 21.3 Å². The van der Waals surface area contributed by atoms with Crippen LogP contribution < -0.4 is 19.6 Å². The van der Waals surface area contributed by atoms with Crippen LogP contribution in [0.25, 0.3) is 11.1 Å². The Hall–Kier alpha value is -4.81. The molecule has 4 nitrogen and oxygen atoms in total. The number of fused-ring (bicyclic) bond motifs is 2. The molecule has 1 saturated heterocycles. The molecule has 8 aromatic carbocycles. The van der Waals surface area contributed by atoms with Gasteiger partial charge in [-0.1, -0.05) is 109 Å². The Morgan fingerprint density at radius 3 is 0.742 bits per heavy atom. The molecule has 120 heavy (non-hydrogen) atoms. The summed E-state index contributed by atoms with van der Waals surface area (Å²) >= 11 is -3.76. The molecule has 0 N–H and O–H groups in total. The van der Waals surface area contributed by atoms with Crippen molar-refractivity contribution in [3.8, 4) is 0 Å². The minimum atomic E-state index is -1.88. The van der Waals surface area contributed by atoms with Crippen LogP contribution in [0.15, 0.2) is 182 Å². The van der Waals surface area contributed by atoms with Crippen molar-refractivity contribution in [2.24, 2.45) is 0 Å². The van der Waals surface area contributed by atoms with E-state index in [1.165, 1.54) is 168 Å². The summed E-state index contributed by atoms with van der Waals surface area (Å²) < 4.78 is 2.25. The second kappa shape index (κ2) is 45.6. The van der Waals surface area contributed by atoms with Crippen LogP contribution in [0.1, 0.15) is 293 Å². The maximum atomic E-state index is 6.19. The Labute approximate surface area is 755 Å². The van der Waals surface area contributed by atoms with Gasteiger partial charge in [-0.2, -0.15) is 6.67 Å². The van der Waals surface area contributed by atoms with Gasteiger partial charge in [0.05, 0.1) is 34.0 Å². The molecule has 10 aliphatic rings. The van der Waals surface area contributed by atoms with Crippen LogP contribution in [0.3, 0.4) is 0 Å². The summed E-state index contributed by atoms with van der Waals surface area (Å²) in [6.07, 6.45) is 56.2. The second-order valence-corrected chi connectivity index (χ2v) is 55.2. The third kappa shape index (κ3) is 24.1. The summed E-state index contributed by atoms with van der Waals surface area (Å²) in [5.74, 6) is 0. The molecule has 0 bridgehead atoms. The molecule has 2 aliphatic heterocycles. The van der Waals surface area contributed by atoms with E-state index in [9.17, 15) is 0 Å². The minimum absolute atomic E-state index is 0.0465.